The van der Waals surface area contributed by atoms with Crippen LogP contribution in [0.1, 0.15) is 43.0 Å². The van der Waals surface area contributed by atoms with Crippen LogP contribution in [0.5, 0.6) is 0 Å². The zero-order valence-corrected chi connectivity index (χ0v) is 15.4. The molecule has 128 valence electrons. The molecule has 1 aliphatic rings. The predicted octanol–water partition coefficient (Wildman–Crippen LogP) is 5.36. The lowest BCUT2D eigenvalue weighted by Crippen LogP contribution is -2.14. The number of benzene rings is 1. The summed E-state index contributed by atoms with van der Waals surface area (Å²) in [5.74, 6) is -0.930. The first-order valence-electron chi connectivity index (χ1n) is 8.11. The molecular formula is C18H22BrN3O2. The van der Waals surface area contributed by atoms with E-state index in [4.69, 9.17) is 5.11 Å². The fraction of sp³-hybridized carbons (Fsp3) is 0.389. The van der Waals surface area contributed by atoms with Gasteiger partial charge >= 0.3 is 5.97 Å². The van der Waals surface area contributed by atoms with Gasteiger partial charge in [0.25, 0.3) is 0 Å². The Morgan fingerprint density at radius 1 is 1.29 bits per heavy atom. The molecule has 0 unspecified atom stereocenters. The van der Waals surface area contributed by atoms with Crippen molar-refractivity contribution < 1.29 is 9.90 Å². The Bertz CT molecular complexity index is 651. The molecule has 1 aromatic rings. The van der Waals surface area contributed by atoms with Gasteiger partial charge in [-0.15, -0.1) is 0 Å². The third kappa shape index (κ3) is 5.30. The van der Waals surface area contributed by atoms with E-state index >= 15 is 0 Å². The molecule has 1 N–H and O–H groups in total. The van der Waals surface area contributed by atoms with Gasteiger partial charge in [-0.3, -0.25) is 0 Å². The summed E-state index contributed by atoms with van der Waals surface area (Å²) in [6.07, 6.45) is 8.63. The van der Waals surface area contributed by atoms with Crippen LogP contribution < -0.4 is 5.01 Å². The molecule has 0 aliphatic heterocycles. The van der Waals surface area contributed by atoms with E-state index in [-0.39, 0.29) is 5.56 Å². The van der Waals surface area contributed by atoms with E-state index in [2.05, 4.69) is 38.4 Å². The fourth-order valence-corrected chi connectivity index (χ4v) is 2.99. The molecule has 0 amide bonds. The molecule has 0 saturated heterocycles. The minimum atomic E-state index is -0.930. The van der Waals surface area contributed by atoms with Crippen molar-refractivity contribution in [2.45, 2.75) is 32.6 Å². The van der Waals surface area contributed by atoms with Crippen molar-refractivity contribution in [3.8, 4) is 0 Å². The number of anilines is 1. The first-order chi connectivity index (χ1) is 11.6. The van der Waals surface area contributed by atoms with Crippen molar-refractivity contribution in [1.82, 2.24) is 0 Å². The first-order valence-corrected chi connectivity index (χ1v) is 8.90. The van der Waals surface area contributed by atoms with E-state index in [9.17, 15) is 4.79 Å². The number of carboxylic acids is 1. The molecule has 24 heavy (non-hydrogen) atoms. The summed E-state index contributed by atoms with van der Waals surface area (Å²) in [5, 5.41) is 19.4. The predicted molar refractivity (Wildman–Crippen MR) is 99.7 cm³/mol. The van der Waals surface area contributed by atoms with Crippen LogP contribution in [0, 0.1) is 0 Å². The Hall–Kier alpha value is -1.95. The number of halogens is 1. The quantitative estimate of drug-likeness (QED) is 0.403. The number of rotatable bonds is 6. The van der Waals surface area contributed by atoms with Crippen LogP contribution in [0.3, 0.4) is 0 Å². The number of hydrogen-bond acceptors (Lipinski definition) is 3. The molecule has 0 bridgehead atoms. The summed E-state index contributed by atoms with van der Waals surface area (Å²) in [6, 6.07) is 6.66. The Kier molecular flexibility index (Phi) is 7.18. The van der Waals surface area contributed by atoms with Crippen LogP contribution in [0.4, 0.5) is 5.69 Å². The lowest BCUT2D eigenvalue weighted by Gasteiger charge is -2.16. The van der Waals surface area contributed by atoms with Gasteiger partial charge in [-0.05, 0) is 66.9 Å². The number of allylic oxidation sites excluding steroid dienone is 3. The van der Waals surface area contributed by atoms with Crippen LogP contribution in [0.15, 0.2) is 56.8 Å². The fourth-order valence-electron chi connectivity index (χ4n) is 2.42. The van der Waals surface area contributed by atoms with Crippen LogP contribution in [0.2, 0.25) is 0 Å². The highest BCUT2D eigenvalue weighted by molar-refractivity contribution is 9.11. The highest BCUT2D eigenvalue weighted by Crippen LogP contribution is 2.25. The van der Waals surface area contributed by atoms with Gasteiger partial charge in [0.15, 0.2) is 0 Å². The van der Waals surface area contributed by atoms with Crippen molar-refractivity contribution in [1.29, 1.82) is 0 Å². The number of carbonyl (C=O) groups is 1. The lowest BCUT2D eigenvalue weighted by atomic mass is 10.1. The number of carboxylic acid groups (broad SMARTS) is 1. The largest absolute Gasteiger partial charge is 0.478 e. The van der Waals surface area contributed by atoms with Gasteiger partial charge in [0, 0.05) is 6.54 Å². The SMILES string of the molecule is CCN(N=NC/C1=C(\Br)CCC/C=C\C1)c1ccc(C(=O)O)cc1. The summed E-state index contributed by atoms with van der Waals surface area (Å²) >= 11 is 3.66. The maximum atomic E-state index is 10.9. The molecule has 0 atom stereocenters. The Morgan fingerprint density at radius 3 is 2.71 bits per heavy atom. The second kappa shape index (κ2) is 9.37. The van der Waals surface area contributed by atoms with Crippen LogP contribution >= 0.6 is 15.9 Å². The Labute approximate surface area is 150 Å². The first kappa shape index (κ1) is 18.4. The Balaban J connectivity index is 2.03. The van der Waals surface area contributed by atoms with Gasteiger partial charge in [0.05, 0.1) is 17.8 Å². The zero-order chi connectivity index (χ0) is 17.4. The molecule has 0 spiro atoms. The molecule has 2 rings (SSSR count). The van der Waals surface area contributed by atoms with E-state index in [1.54, 1.807) is 29.3 Å². The molecule has 5 nitrogen and oxygen atoms in total. The third-order valence-corrected chi connectivity index (χ3v) is 4.78. The van der Waals surface area contributed by atoms with Gasteiger partial charge < -0.3 is 5.11 Å². The van der Waals surface area contributed by atoms with Crippen LogP contribution in [-0.4, -0.2) is 24.2 Å². The molecular weight excluding hydrogens is 370 g/mol. The molecule has 0 aromatic heterocycles. The van der Waals surface area contributed by atoms with Gasteiger partial charge in [-0.25, -0.2) is 9.80 Å². The van der Waals surface area contributed by atoms with Gasteiger partial charge in [-0.2, -0.15) is 5.11 Å². The normalized spacial score (nSPS) is 19.8. The minimum Gasteiger partial charge on any atom is -0.478 e. The number of aromatic carboxylic acids is 1. The average Bonchev–Trinajstić information content (AvgIpc) is 2.57. The second-order valence-electron chi connectivity index (χ2n) is 5.53. The highest BCUT2D eigenvalue weighted by atomic mass is 79.9. The maximum Gasteiger partial charge on any atom is 0.335 e. The lowest BCUT2D eigenvalue weighted by molar-refractivity contribution is 0.0697. The summed E-state index contributed by atoms with van der Waals surface area (Å²) in [4.78, 5) is 10.9. The van der Waals surface area contributed by atoms with Crippen molar-refractivity contribution in [3.05, 3.63) is 52.0 Å². The monoisotopic (exact) mass is 391 g/mol. The Morgan fingerprint density at radius 2 is 2.04 bits per heavy atom. The standard InChI is InChI=1S/C18H22BrN3O2/c1-2-22(16-11-9-14(10-12-16)18(23)24)21-20-13-15-7-5-3-4-6-8-17(15)19/h3,5,9-12H,2,4,6-8,13H2,1H3,(H,23,24)/b5-3-,17-15-,21-20?. The van der Waals surface area contributed by atoms with Gasteiger partial charge in [-0.1, -0.05) is 33.3 Å². The zero-order valence-electron chi connectivity index (χ0n) is 13.8. The molecule has 0 heterocycles. The smallest absolute Gasteiger partial charge is 0.335 e. The molecule has 0 fully saturated rings. The van der Waals surface area contributed by atoms with Crippen molar-refractivity contribution in [2.24, 2.45) is 10.3 Å². The summed E-state index contributed by atoms with van der Waals surface area (Å²) in [6.45, 7) is 3.21. The highest BCUT2D eigenvalue weighted by Gasteiger charge is 2.08. The summed E-state index contributed by atoms with van der Waals surface area (Å²) in [7, 11) is 0. The summed E-state index contributed by atoms with van der Waals surface area (Å²) in [5.41, 5.74) is 2.35. The van der Waals surface area contributed by atoms with Gasteiger partial charge in [0.2, 0.25) is 0 Å². The molecule has 1 aliphatic carbocycles. The van der Waals surface area contributed by atoms with E-state index in [1.807, 2.05) is 6.92 Å². The minimum absolute atomic E-state index is 0.266. The van der Waals surface area contributed by atoms with E-state index < -0.39 is 5.97 Å². The number of hydrogen-bond donors (Lipinski definition) is 1. The number of nitrogens with zero attached hydrogens (tertiary/aromatic N) is 3. The summed E-state index contributed by atoms with van der Waals surface area (Å²) < 4.78 is 1.24. The molecule has 6 heteroatoms. The van der Waals surface area contributed by atoms with E-state index in [0.29, 0.717) is 13.1 Å². The molecule has 1 aromatic carbocycles. The van der Waals surface area contributed by atoms with Crippen molar-refractivity contribution in [3.63, 3.8) is 0 Å². The van der Waals surface area contributed by atoms with E-state index in [1.165, 1.54) is 10.1 Å². The van der Waals surface area contributed by atoms with Crippen molar-refractivity contribution >= 4 is 27.6 Å². The topological polar surface area (TPSA) is 65.3 Å². The molecule has 0 saturated carbocycles. The van der Waals surface area contributed by atoms with Crippen LogP contribution in [0.25, 0.3) is 0 Å². The van der Waals surface area contributed by atoms with Crippen molar-refractivity contribution in [2.75, 3.05) is 18.1 Å². The van der Waals surface area contributed by atoms with E-state index in [0.717, 1.165) is 31.4 Å². The van der Waals surface area contributed by atoms with Gasteiger partial charge in [0.1, 0.15) is 0 Å². The molecule has 0 radical (unpaired) electrons. The second-order valence-corrected chi connectivity index (χ2v) is 6.49. The third-order valence-electron chi connectivity index (χ3n) is 3.83. The average molecular weight is 392 g/mol. The maximum absolute atomic E-state index is 10.9. The van der Waals surface area contributed by atoms with Crippen LogP contribution in [-0.2, 0) is 0 Å².